The van der Waals surface area contributed by atoms with Crippen LogP contribution in [0.5, 0.6) is 0 Å². The number of amides is 1. The molecule has 0 bridgehead atoms. The Hall–Kier alpha value is -1.79. The molecule has 0 atom stereocenters. The van der Waals surface area contributed by atoms with Crippen LogP contribution in [0.1, 0.15) is 21.5 Å². The number of carbonyl (C=O) groups excluding carboxylic acids is 1. The van der Waals surface area contributed by atoms with E-state index in [2.05, 4.69) is 21.2 Å². The van der Waals surface area contributed by atoms with E-state index in [0.717, 1.165) is 10.0 Å². The van der Waals surface area contributed by atoms with Crippen LogP contribution in [0.3, 0.4) is 0 Å². The summed E-state index contributed by atoms with van der Waals surface area (Å²) in [7, 11) is 0. The molecule has 6 heteroatoms. The fourth-order valence-electron chi connectivity index (χ4n) is 1.90. The first-order valence-electron chi connectivity index (χ1n) is 6.05. The van der Waals surface area contributed by atoms with Gasteiger partial charge in [0, 0.05) is 15.6 Å². The van der Waals surface area contributed by atoms with Crippen molar-refractivity contribution in [3.8, 4) is 0 Å². The molecular weight excluding hydrogens is 355 g/mol. The van der Waals surface area contributed by atoms with E-state index in [4.69, 9.17) is 18.0 Å². The number of aryl methyl sites for hydroxylation is 1. The van der Waals surface area contributed by atoms with Crippen LogP contribution in [0.2, 0.25) is 0 Å². The molecule has 3 N–H and O–H groups in total. The highest BCUT2D eigenvalue weighted by Gasteiger charge is 2.13. The van der Waals surface area contributed by atoms with Crippen molar-refractivity contribution in [2.24, 2.45) is 5.73 Å². The fraction of sp³-hybridized carbons (Fsp3) is 0.0667. The summed E-state index contributed by atoms with van der Waals surface area (Å²) in [5, 5.41) is 2.71. The molecule has 0 fully saturated rings. The topological polar surface area (TPSA) is 55.1 Å². The molecule has 0 unspecified atom stereocenters. The largest absolute Gasteiger partial charge is 0.389 e. The lowest BCUT2D eigenvalue weighted by molar-refractivity contribution is 0.102. The number of benzene rings is 2. The number of nitrogens with two attached hydrogens (primary N) is 1. The summed E-state index contributed by atoms with van der Waals surface area (Å²) in [5.74, 6) is -0.764. The monoisotopic (exact) mass is 366 g/mol. The Labute approximate surface area is 135 Å². The molecule has 0 saturated carbocycles. The zero-order valence-electron chi connectivity index (χ0n) is 11.1. The van der Waals surface area contributed by atoms with Crippen molar-refractivity contribution < 1.29 is 9.18 Å². The first-order chi connectivity index (χ1) is 9.88. The number of carbonyl (C=O) groups is 1. The van der Waals surface area contributed by atoms with Crippen molar-refractivity contribution in [2.75, 3.05) is 5.32 Å². The molecule has 1 amide bonds. The number of nitrogens with one attached hydrogen (secondary N) is 1. The lowest BCUT2D eigenvalue weighted by atomic mass is 10.1. The van der Waals surface area contributed by atoms with E-state index < -0.39 is 5.82 Å². The van der Waals surface area contributed by atoms with Crippen LogP contribution in [0.4, 0.5) is 10.1 Å². The van der Waals surface area contributed by atoms with Crippen LogP contribution in [0.15, 0.2) is 40.9 Å². The molecule has 0 heterocycles. The van der Waals surface area contributed by atoms with E-state index in [1.54, 1.807) is 12.1 Å². The maximum atomic E-state index is 13.2. The molecule has 0 spiro atoms. The van der Waals surface area contributed by atoms with Crippen LogP contribution < -0.4 is 11.1 Å². The van der Waals surface area contributed by atoms with Gasteiger partial charge in [-0.2, -0.15) is 0 Å². The number of anilines is 1. The lowest BCUT2D eigenvalue weighted by Crippen LogP contribution is -2.18. The second kappa shape index (κ2) is 6.32. The van der Waals surface area contributed by atoms with Gasteiger partial charge in [0.05, 0.1) is 5.69 Å². The minimum absolute atomic E-state index is 0.0253. The summed E-state index contributed by atoms with van der Waals surface area (Å²) >= 11 is 8.22. The summed E-state index contributed by atoms with van der Waals surface area (Å²) in [6, 6.07) is 9.21. The maximum Gasteiger partial charge on any atom is 0.255 e. The average Bonchev–Trinajstić information content (AvgIpc) is 2.40. The highest BCUT2D eigenvalue weighted by molar-refractivity contribution is 9.10. The zero-order valence-corrected chi connectivity index (χ0v) is 13.5. The van der Waals surface area contributed by atoms with Gasteiger partial charge in [-0.05, 0) is 48.9 Å². The molecule has 0 aliphatic heterocycles. The van der Waals surface area contributed by atoms with Crippen molar-refractivity contribution in [3.05, 3.63) is 63.4 Å². The molecular formula is C15H12BrFN2OS. The molecule has 0 aromatic heterocycles. The molecule has 2 aromatic carbocycles. The van der Waals surface area contributed by atoms with Gasteiger partial charge < -0.3 is 11.1 Å². The van der Waals surface area contributed by atoms with E-state index in [0.29, 0.717) is 16.8 Å². The van der Waals surface area contributed by atoms with Gasteiger partial charge in [-0.1, -0.05) is 28.1 Å². The van der Waals surface area contributed by atoms with Crippen molar-refractivity contribution in [3.63, 3.8) is 0 Å². The third-order valence-corrected chi connectivity index (χ3v) is 3.64. The van der Waals surface area contributed by atoms with E-state index >= 15 is 0 Å². The molecule has 0 aliphatic rings. The molecule has 108 valence electrons. The third-order valence-electron chi connectivity index (χ3n) is 2.93. The SMILES string of the molecule is Cc1cc(Br)ccc1C(=O)Nc1ccc(F)cc1C(N)=S. The Morgan fingerprint density at radius 2 is 1.95 bits per heavy atom. The summed E-state index contributed by atoms with van der Waals surface area (Å²) in [4.78, 5) is 12.3. The van der Waals surface area contributed by atoms with Gasteiger partial charge in [-0.25, -0.2) is 4.39 Å². The molecule has 0 saturated heterocycles. The zero-order chi connectivity index (χ0) is 15.6. The van der Waals surface area contributed by atoms with Crippen LogP contribution >= 0.6 is 28.1 Å². The van der Waals surface area contributed by atoms with Crippen LogP contribution in [-0.4, -0.2) is 10.9 Å². The Bertz CT molecular complexity index is 734. The Morgan fingerprint density at radius 3 is 2.57 bits per heavy atom. The van der Waals surface area contributed by atoms with Gasteiger partial charge in [0.1, 0.15) is 10.8 Å². The first-order valence-corrected chi connectivity index (χ1v) is 7.25. The standard InChI is InChI=1S/C15H12BrFN2OS/c1-8-6-9(16)2-4-11(8)15(20)19-13-5-3-10(17)7-12(13)14(18)21/h2-7H,1H3,(H2,18,21)(H,19,20). The summed E-state index contributed by atoms with van der Waals surface area (Å²) < 4.78 is 14.1. The van der Waals surface area contributed by atoms with Gasteiger partial charge in [-0.15, -0.1) is 0 Å². The van der Waals surface area contributed by atoms with Crippen LogP contribution in [0.25, 0.3) is 0 Å². The Kier molecular flexibility index (Phi) is 4.69. The van der Waals surface area contributed by atoms with Crippen LogP contribution in [0, 0.1) is 12.7 Å². The maximum absolute atomic E-state index is 13.2. The van der Waals surface area contributed by atoms with Gasteiger partial charge >= 0.3 is 0 Å². The van der Waals surface area contributed by atoms with Crippen molar-refractivity contribution >= 4 is 44.7 Å². The molecule has 21 heavy (non-hydrogen) atoms. The first kappa shape index (κ1) is 15.6. The quantitative estimate of drug-likeness (QED) is 0.812. The average molecular weight is 367 g/mol. The van der Waals surface area contributed by atoms with Gasteiger partial charge in [0.2, 0.25) is 0 Å². The lowest BCUT2D eigenvalue weighted by Gasteiger charge is -2.11. The number of thiocarbonyl (C=S) groups is 1. The summed E-state index contributed by atoms with van der Waals surface area (Å²) in [6.07, 6.45) is 0. The molecule has 0 radical (unpaired) electrons. The van der Waals surface area contributed by atoms with E-state index in [1.165, 1.54) is 18.2 Å². The van der Waals surface area contributed by atoms with Crippen molar-refractivity contribution in [1.82, 2.24) is 0 Å². The second-order valence-corrected chi connectivity index (χ2v) is 5.82. The minimum Gasteiger partial charge on any atom is -0.389 e. The molecule has 2 aromatic rings. The minimum atomic E-state index is -0.462. The van der Waals surface area contributed by atoms with E-state index in [1.807, 2.05) is 13.0 Å². The van der Waals surface area contributed by atoms with Crippen LogP contribution in [-0.2, 0) is 0 Å². The Morgan fingerprint density at radius 1 is 1.24 bits per heavy atom. The van der Waals surface area contributed by atoms with Crippen molar-refractivity contribution in [2.45, 2.75) is 6.92 Å². The summed E-state index contributed by atoms with van der Waals surface area (Å²) in [6.45, 7) is 1.83. The fourth-order valence-corrected chi connectivity index (χ4v) is 2.55. The number of hydrogen-bond donors (Lipinski definition) is 2. The van der Waals surface area contributed by atoms with Gasteiger partial charge in [-0.3, -0.25) is 4.79 Å². The molecule has 0 aliphatic carbocycles. The predicted molar refractivity (Wildman–Crippen MR) is 89.1 cm³/mol. The van der Waals surface area contributed by atoms with Crippen molar-refractivity contribution in [1.29, 1.82) is 0 Å². The number of rotatable bonds is 3. The smallest absolute Gasteiger partial charge is 0.255 e. The highest BCUT2D eigenvalue weighted by atomic mass is 79.9. The number of halogens is 2. The predicted octanol–water partition coefficient (Wildman–Crippen LogP) is 3.78. The normalized spacial score (nSPS) is 10.2. The molecule has 2 rings (SSSR count). The Balaban J connectivity index is 2.34. The summed E-state index contributed by atoms with van der Waals surface area (Å²) in [5.41, 5.74) is 7.58. The number of hydrogen-bond acceptors (Lipinski definition) is 2. The second-order valence-electron chi connectivity index (χ2n) is 4.47. The van der Waals surface area contributed by atoms with Gasteiger partial charge in [0.25, 0.3) is 5.91 Å². The van der Waals surface area contributed by atoms with Gasteiger partial charge in [0.15, 0.2) is 0 Å². The van der Waals surface area contributed by atoms with E-state index in [9.17, 15) is 9.18 Å². The van der Waals surface area contributed by atoms with E-state index in [-0.39, 0.29) is 10.9 Å². The third kappa shape index (κ3) is 3.65. The highest BCUT2D eigenvalue weighted by Crippen LogP contribution is 2.20. The molecule has 3 nitrogen and oxygen atoms in total.